The Kier molecular flexibility index (Phi) is 6.70. The molecular formula is C13H16S. The first-order chi connectivity index (χ1) is 6.67. The van der Waals surface area contributed by atoms with Crippen molar-refractivity contribution in [2.75, 3.05) is 0 Å². The molecule has 14 heavy (non-hydrogen) atoms. The van der Waals surface area contributed by atoms with E-state index in [1.807, 2.05) is 38.2 Å². The Morgan fingerprint density at radius 1 is 1.57 bits per heavy atom. The highest BCUT2D eigenvalue weighted by atomic mass is 32.1. The third-order valence-electron chi connectivity index (χ3n) is 1.82. The van der Waals surface area contributed by atoms with Crippen LogP contribution in [0.2, 0.25) is 0 Å². The summed E-state index contributed by atoms with van der Waals surface area (Å²) in [5.74, 6) is 2.56. The summed E-state index contributed by atoms with van der Waals surface area (Å²) in [5, 5.41) is 0. The Morgan fingerprint density at radius 2 is 2.21 bits per heavy atom. The van der Waals surface area contributed by atoms with Gasteiger partial charge in [0, 0.05) is 4.86 Å². The Labute approximate surface area is 92.4 Å². The smallest absolute Gasteiger partial charge is 0.0756 e. The van der Waals surface area contributed by atoms with E-state index >= 15 is 0 Å². The summed E-state index contributed by atoms with van der Waals surface area (Å²) < 4.78 is 0. The highest BCUT2D eigenvalue weighted by molar-refractivity contribution is 7.80. The number of allylic oxidation sites excluding steroid dienone is 5. The Morgan fingerprint density at radius 3 is 2.64 bits per heavy atom. The van der Waals surface area contributed by atoms with Crippen LogP contribution in [0.1, 0.15) is 20.3 Å². The summed E-state index contributed by atoms with van der Waals surface area (Å²) in [5.41, 5.74) is 0.887. The molecule has 1 atom stereocenters. The van der Waals surface area contributed by atoms with Crippen LogP contribution in [0.4, 0.5) is 0 Å². The lowest BCUT2D eigenvalue weighted by molar-refractivity contribution is 1.09. The lowest BCUT2D eigenvalue weighted by Gasteiger charge is -2.10. The van der Waals surface area contributed by atoms with Crippen molar-refractivity contribution in [3.05, 3.63) is 36.5 Å². The lowest BCUT2D eigenvalue weighted by atomic mass is 9.96. The SMILES string of the molecule is C#CC(C(=C)/C=C\C=C/C)C(=S)CC. The lowest BCUT2D eigenvalue weighted by Crippen LogP contribution is -2.10. The molecular weight excluding hydrogens is 188 g/mol. The zero-order valence-electron chi connectivity index (χ0n) is 8.79. The van der Waals surface area contributed by atoms with Gasteiger partial charge in [0.15, 0.2) is 0 Å². The molecule has 1 heteroatoms. The van der Waals surface area contributed by atoms with Gasteiger partial charge in [0.1, 0.15) is 0 Å². The third-order valence-corrected chi connectivity index (χ3v) is 2.35. The van der Waals surface area contributed by atoms with E-state index in [1.165, 1.54) is 0 Å². The molecule has 0 amide bonds. The van der Waals surface area contributed by atoms with Crippen LogP contribution in [0.5, 0.6) is 0 Å². The molecule has 0 aliphatic rings. The normalized spacial score (nSPS) is 12.9. The van der Waals surface area contributed by atoms with E-state index in [0.717, 1.165) is 16.9 Å². The van der Waals surface area contributed by atoms with Gasteiger partial charge >= 0.3 is 0 Å². The Hall–Kier alpha value is -1.13. The van der Waals surface area contributed by atoms with Crippen LogP contribution in [-0.4, -0.2) is 4.86 Å². The van der Waals surface area contributed by atoms with Crippen LogP contribution < -0.4 is 0 Å². The molecule has 1 unspecified atom stereocenters. The summed E-state index contributed by atoms with van der Waals surface area (Å²) in [6.45, 7) is 7.89. The number of hydrogen-bond acceptors (Lipinski definition) is 1. The van der Waals surface area contributed by atoms with E-state index in [-0.39, 0.29) is 5.92 Å². The standard InChI is InChI=1S/C13H16S/c1-5-8-9-10-11(4)12(6-2)13(14)7-3/h2,5,8-10,12H,4,7H2,1,3H3/b8-5-,10-9-. The maximum atomic E-state index is 5.40. The highest BCUT2D eigenvalue weighted by Crippen LogP contribution is 2.14. The van der Waals surface area contributed by atoms with Crippen molar-refractivity contribution in [1.29, 1.82) is 0 Å². The van der Waals surface area contributed by atoms with Gasteiger partial charge in [0.25, 0.3) is 0 Å². The minimum atomic E-state index is -0.100. The molecule has 0 aliphatic carbocycles. The molecule has 0 aromatic carbocycles. The summed E-state index contributed by atoms with van der Waals surface area (Å²) in [6.07, 6.45) is 13.9. The molecule has 0 nitrogen and oxygen atoms in total. The van der Waals surface area contributed by atoms with Crippen molar-refractivity contribution in [2.24, 2.45) is 5.92 Å². The third kappa shape index (κ3) is 4.20. The van der Waals surface area contributed by atoms with E-state index in [4.69, 9.17) is 18.6 Å². The van der Waals surface area contributed by atoms with Gasteiger partial charge < -0.3 is 0 Å². The number of hydrogen-bond donors (Lipinski definition) is 0. The maximum Gasteiger partial charge on any atom is 0.0756 e. The predicted octanol–water partition coefficient (Wildman–Crippen LogP) is 3.70. The molecule has 0 heterocycles. The van der Waals surface area contributed by atoms with Crippen LogP contribution >= 0.6 is 12.2 Å². The average Bonchev–Trinajstić information content (AvgIpc) is 2.19. The van der Waals surface area contributed by atoms with Gasteiger partial charge in [-0.1, -0.05) is 55.9 Å². The van der Waals surface area contributed by atoms with E-state index in [1.54, 1.807) is 0 Å². The number of thiocarbonyl (C=S) groups is 1. The van der Waals surface area contributed by atoms with Crippen molar-refractivity contribution in [1.82, 2.24) is 0 Å². The molecule has 0 bridgehead atoms. The number of rotatable bonds is 5. The molecule has 0 spiro atoms. The van der Waals surface area contributed by atoms with Crippen molar-refractivity contribution in [2.45, 2.75) is 20.3 Å². The fourth-order valence-electron chi connectivity index (χ4n) is 0.997. The first-order valence-corrected chi connectivity index (χ1v) is 5.05. The predicted molar refractivity (Wildman–Crippen MR) is 68.3 cm³/mol. The van der Waals surface area contributed by atoms with Gasteiger partial charge in [-0.2, -0.15) is 0 Å². The molecule has 0 N–H and O–H groups in total. The molecule has 0 rings (SSSR count). The largest absolute Gasteiger partial charge is 0.119 e. The van der Waals surface area contributed by atoms with Gasteiger partial charge in [0.05, 0.1) is 5.92 Å². The molecule has 0 aromatic heterocycles. The molecule has 0 radical (unpaired) electrons. The average molecular weight is 204 g/mol. The quantitative estimate of drug-likeness (QED) is 0.374. The Balaban J connectivity index is 4.50. The molecule has 0 saturated heterocycles. The molecule has 0 aromatic rings. The monoisotopic (exact) mass is 204 g/mol. The van der Waals surface area contributed by atoms with Gasteiger partial charge in [-0.05, 0) is 18.9 Å². The van der Waals surface area contributed by atoms with Crippen LogP contribution in [0.15, 0.2) is 36.5 Å². The molecule has 0 saturated carbocycles. The van der Waals surface area contributed by atoms with Gasteiger partial charge in [-0.3, -0.25) is 0 Å². The fourth-order valence-corrected chi connectivity index (χ4v) is 1.22. The second-order valence-electron chi connectivity index (χ2n) is 2.88. The summed E-state index contributed by atoms with van der Waals surface area (Å²) in [6, 6.07) is 0. The van der Waals surface area contributed by atoms with E-state index in [0.29, 0.717) is 0 Å². The maximum absolute atomic E-state index is 5.40. The van der Waals surface area contributed by atoms with Crippen LogP contribution in [0.3, 0.4) is 0 Å². The fraction of sp³-hybridized carbons (Fsp3) is 0.308. The zero-order chi connectivity index (χ0) is 11.0. The number of terminal acetylenes is 1. The van der Waals surface area contributed by atoms with E-state index in [2.05, 4.69) is 12.5 Å². The van der Waals surface area contributed by atoms with Crippen molar-refractivity contribution >= 4 is 17.1 Å². The van der Waals surface area contributed by atoms with Gasteiger partial charge in [-0.25, -0.2) is 0 Å². The minimum absolute atomic E-state index is 0.100. The first-order valence-electron chi connectivity index (χ1n) is 4.64. The second kappa shape index (κ2) is 7.29. The minimum Gasteiger partial charge on any atom is -0.119 e. The highest BCUT2D eigenvalue weighted by Gasteiger charge is 2.10. The Bertz CT molecular complexity index is 300. The van der Waals surface area contributed by atoms with Gasteiger partial charge in [0.2, 0.25) is 0 Å². The van der Waals surface area contributed by atoms with Crippen LogP contribution in [-0.2, 0) is 0 Å². The summed E-state index contributed by atoms with van der Waals surface area (Å²) in [4.78, 5) is 0.877. The summed E-state index contributed by atoms with van der Waals surface area (Å²) in [7, 11) is 0. The molecule has 0 aliphatic heterocycles. The van der Waals surface area contributed by atoms with Gasteiger partial charge in [-0.15, -0.1) is 6.42 Å². The van der Waals surface area contributed by atoms with E-state index in [9.17, 15) is 0 Å². The summed E-state index contributed by atoms with van der Waals surface area (Å²) >= 11 is 5.18. The first kappa shape index (κ1) is 12.9. The molecule has 74 valence electrons. The van der Waals surface area contributed by atoms with Crippen molar-refractivity contribution in [3.63, 3.8) is 0 Å². The second-order valence-corrected chi connectivity index (χ2v) is 3.40. The zero-order valence-corrected chi connectivity index (χ0v) is 9.60. The van der Waals surface area contributed by atoms with Crippen molar-refractivity contribution in [3.8, 4) is 12.3 Å². The van der Waals surface area contributed by atoms with Crippen molar-refractivity contribution < 1.29 is 0 Å². The molecule has 0 fully saturated rings. The van der Waals surface area contributed by atoms with E-state index < -0.39 is 0 Å². The van der Waals surface area contributed by atoms with Crippen LogP contribution in [0.25, 0.3) is 0 Å². The topological polar surface area (TPSA) is 0 Å². The van der Waals surface area contributed by atoms with Crippen LogP contribution in [0, 0.1) is 18.3 Å².